The van der Waals surface area contributed by atoms with Gasteiger partial charge in [-0.2, -0.15) is 0 Å². The van der Waals surface area contributed by atoms with E-state index < -0.39 is 10.0 Å². The zero-order valence-corrected chi connectivity index (χ0v) is 15.5. The monoisotopic (exact) mass is 370 g/mol. The lowest BCUT2D eigenvalue weighted by atomic mass is 10.0. The van der Waals surface area contributed by atoms with Crippen LogP contribution in [-0.4, -0.2) is 20.9 Å². The largest absolute Gasteiger partial charge is 0.312 e. The molecule has 136 valence electrons. The second kappa shape index (κ2) is 6.52. The zero-order valence-electron chi connectivity index (χ0n) is 14.7. The SMILES string of the molecule is CC(=O)N1CCc2cc(S(=O)(=O)NC(c3ccccc3)C3CC3)ccc21. The van der Waals surface area contributed by atoms with E-state index in [9.17, 15) is 13.2 Å². The number of amides is 1. The fourth-order valence-corrected chi connectivity index (χ4v) is 4.98. The van der Waals surface area contributed by atoms with Crippen molar-refractivity contribution in [3.05, 3.63) is 59.7 Å². The summed E-state index contributed by atoms with van der Waals surface area (Å²) in [5.41, 5.74) is 2.73. The Bertz CT molecular complexity index is 937. The molecule has 1 saturated carbocycles. The molecule has 2 aliphatic rings. The number of hydrogen-bond acceptors (Lipinski definition) is 3. The fourth-order valence-electron chi connectivity index (χ4n) is 3.63. The second-order valence-corrected chi connectivity index (χ2v) is 8.77. The fraction of sp³-hybridized carbons (Fsp3) is 0.350. The van der Waals surface area contributed by atoms with Gasteiger partial charge in [0, 0.05) is 25.2 Å². The van der Waals surface area contributed by atoms with Crippen molar-refractivity contribution in [2.75, 3.05) is 11.4 Å². The Kier molecular flexibility index (Phi) is 4.32. The summed E-state index contributed by atoms with van der Waals surface area (Å²) >= 11 is 0. The molecule has 1 aliphatic carbocycles. The highest BCUT2D eigenvalue weighted by molar-refractivity contribution is 7.89. The number of sulfonamides is 1. The summed E-state index contributed by atoms with van der Waals surface area (Å²) in [6.45, 7) is 2.14. The molecule has 2 aromatic rings. The Morgan fingerprint density at radius 1 is 1.15 bits per heavy atom. The van der Waals surface area contributed by atoms with E-state index >= 15 is 0 Å². The predicted octanol–water partition coefficient (Wildman–Crippen LogP) is 3.03. The molecule has 0 saturated heterocycles. The van der Waals surface area contributed by atoms with Gasteiger partial charge in [-0.05, 0) is 54.5 Å². The van der Waals surface area contributed by atoms with Crippen molar-refractivity contribution in [2.45, 2.75) is 37.1 Å². The molecule has 1 atom stereocenters. The third-order valence-corrected chi connectivity index (χ3v) is 6.61. The maximum atomic E-state index is 13.0. The maximum absolute atomic E-state index is 13.0. The lowest BCUT2D eigenvalue weighted by Gasteiger charge is -2.19. The van der Waals surface area contributed by atoms with Crippen LogP contribution in [0.5, 0.6) is 0 Å². The first kappa shape index (κ1) is 17.2. The van der Waals surface area contributed by atoms with Crippen LogP contribution in [0.1, 0.15) is 36.9 Å². The van der Waals surface area contributed by atoms with Gasteiger partial charge in [-0.1, -0.05) is 30.3 Å². The molecule has 26 heavy (non-hydrogen) atoms. The molecular weight excluding hydrogens is 348 g/mol. The van der Waals surface area contributed by atoms with Crippen molar-refractivity contribution >= 4 is 21.6 Å². The highest BCUT2D eigenvalue weighted by Gasteiger charge is 2.35. The van der Waals surface area contributed by atoms with E-state index in [1.807, 2.05) is 30.3 Å². The summed E-state index contributed by atoms with van der Waals surface area (Å²) in [4.78, 5) is 13.6. The van der Waals surface area contributed by atoms with Gasteiger partial charge in [-0.3, -0.25) is 4.79 Å². The summed E-state index contributed by atoms with van der Waals surface area (Å²) in [6, 6.07) is 14.6. The predicted molar refractivity (Wildman–Crippen MR) is 100 cm³/mol. The standard InChI is InChI=1S/C20H22N2O3S/c1-14(23)22-12-11-17-13-18(9-10-19(17)22)26(24,25)21-20(16-7-8-16)15-5-3-2-4-6-15/h2-6,9-10,13,16,20-21H,7-8,11-12H2,1H3. The molecule has 2 aromatic carbocycles. The van der Waals surface area contributed by atoms with Crippen molar-refractivity contribution in [1.29, 1.82) is 0 Å². The van der Waals surface area contributed by atoms with Crippen LogP contribution in [0.3, 0.4) is 0 Å². The van der Waals surface area contributed by atoms with Crippen molar-refractivity contribution in [1.82, 2.24) is 4.72 Å². The minimum atomic E-state index is -3.63. The van der Waals surface area contributed by atoms with Crippen LogP contribution in [0.2, 0.25) is 0 Å². The highest BCUT2D eigenvalue weighted by atomic mass is 32.2. The number of nitrogens with one attached hydrogen (secondary N) is 1. The Morgan fingerprint density at radius 2 is 1.88 bits per heavy atom. The van der Waals surface area contributed by atoms with Gasteiger partial charge < -0.3 is 4.90 Å². The number of nitrogens with zero attached hydrogens (tertiary/aromatic N) is 1. The number of hydrogen-bond donors (Lipinski definition) is 1. The van der Waals surface area contributed by atoms with E-state index in [1.165, 1.54) is 6.92 Å². The summed E-state index contributed by atoms with van der Waals surface area (Å²) in [7, 11) is -3.63. The molecule has 1 heterocycles. The summed E-state index contributed by atoms with van der Waals surface area (Å²) in [6.07, 6.45) is 2.77. The van der Waals surface area contributed by atoms with Crippen LogP contribution in [0.4, 0.5) is 5.69 Å². The van der Waals surface area contributed by atoms with Crippen LogP contribution in [0, 0.1) is 5.92 Å². The number of anilines is 1. The average Bonchev–Trinajstić information content (AvgIpc) is 3.38. The van der Waals surface area contributed by atoms with Gasteiger partial charge in [0.2, 0.25) is 15.9 Å². The topological polar surface area (TPSA) is 66.5 Å². The van der Waals surface area contributed by atoms with Gasteiger partial charge in [0.15, 0.2) is 0 Å². The maximum Gasteiger partial charge on any atom is 0.241 e. The number of fused-ring (bicyclic) bond motifs is 1. The molecular formula is C20H22N2O3S. The molecule has 0 bridgehead atoms. The van der Waals surface area contributed by atoms with Crippen LogP contribution in [0.15, 0.2) is 53.4 Å². The molecule has 1 N–H and O–H groups in total. The van der Waals surface area contributed by atoms with Crippen molar-refractivity contribution in [3.8, 4) is 0 Å². The second-order valence-electron chi connectivity index (χ2n) is 7.06. The van der Waals surface area contributed by atoms with Gasteiger partial charge in [-0.15, -0.1) is 0 Å². The number of carbonyl (C=O) groups excluding carboxylic acids is 1. The van der Waals surface area contributed by atoms with Crippen molar-refractivity contribution in [2.24, 2.45) is 5.92 Å². The highest BCUT2D eigenvalue weighted by Crippen LogP contribution is 2.42. The molecule has 1 amide bonds. The van der Waals surface area contributed by atoms with Gasteiger partial charge >= 0.3 is 0 Å². The Labute approximate surface area is 154 Å². The van der Waals surface area contributed by atoms with E-state index in [4.69, 9.17) is 0 Å². The summed E-state index contributed by atoms with van der Waals surface area (Å²) < 4.78 is 28.8. The van der Waals surface area contributed by atoms with Gasteiger partial charge in [0.25, 0.3) is 0 Å². The van der Waals surface area contributed by atoms with E-state index in [0.717, 1.165) is 29.7 Å². The van der Waals surface area contributed by atoms with E-state index in [1.54, 1.807) is 23.1 Å². The quantitative estimate of drug-likeness (QED) is 0.880. The van der Waals surface area contributed by atoms with E-state index in [2.05, 4.69) is 4.72 Å². The van der Waals surface area contributed by atoms with Gasteiger partial charge in [0.05, 0.1) is 4.90 Å². The number of benzene rings is 2. The first-order valence-corrected chi connectivity index (χ1v) is 10.4. The molecule has 0 spiro atoms. The lowest BCUT2D eigenvalue weighted by molar-refractivity contribution is -0.116. The first-order valence-electron chi connectivity index (χ1n) is 8.94. The Balaban J connectivity index is 1.62. The van der Waals surface area contributed by atoms with Crippen molar-refractivity contribution < 1.29 is 13.2 Å². The smallest absolute Gasteiger partial charge is 0.241 e. The van der Waals surface area contributed by atoms with Gasteiger partial charge in [-0.25, -0.2) is 13.1 Å². The molecule has 1 aliphatic heterocycles. The molecule has 1 fully saturated rings. The van der Waals surface area contributed by atoms with Crippen LogP contribution < -0.4 is 9.62 Å². The third kappa shape index (κ3) is 3.27. The third-order valence-electron chi connectivity index (χ3n) is 5.17. The van der Waals surface area contributed by atoms with Crippen LogP contribution in [0.25, 0.3) is 0 Å². The Morgan fingerprint density at radius 3 is 2.54 bits per heavy atom. The average molecular weight is 370 g/mol. The molecule has 1 unspecified atom stereocenters. The number of carbonyl (C=O) groups is 1. The van der Waals surface area contributed by atoms with E-state index in [-0.39, 0.29) is 16.8 Å². The summed E-state index contributed by atoms with van der Waals surface area (Å²) in [5, 5.41) is 0. The first-order chi connectivity index (χ1) is 12.5. The molecule has 0 aromatic heterocycles. The molecule has 6 heteroatoms. The molecule has 4 rings (SSSR count). The minimum absolute atomic E-state index is 0.0182. The zero-order chi connectivity index (χ0) is 18.3. The Hall–Kier alpha value is -2.18. The summed E-state index contributed by atoms with van der Waals surface area (Å²) in [5.74, 6) is 0.338. The lowest BCUT2D eigenvalue weighted by Crippen LogP contribution is -2.30. The van der Waals surface area contributed by atoms with Crippen LogP contribution >= 0.6 is 0 Å². The van der Waals surface area contributed by atoms with E-state index in [0.29, 0.717) is 18.9 Å². The molecule has 5 nitrogen and oxygen atoms in total. The normalized spacial score (nSPS) is 17.8. The minimum Gasteiger partial charge on any atom is -0.312 e. The van der Waals surface area contributed by atoms with Gasteiger partial charge in [0.1, 0.15) is 0 Å². The molecule has 0 radical (unpaired) electrons. The van der Waals surface area contributed by atoms with Crippen LogP contribution in [-0.2, 0) is 21.2 Å². The number of rotatable bonds is 5. The van der Waals surface area contributed by atoms with Crippen molar-refractivity contribution in [3.63, 3.8) is 0 Å².